The standard InChI is InChI=1S/C10H17NO2S/c12-14(13)7-9-3-1-2-4-10(9,8-14)6-11-5-9/h11H,1-8H2. The highest BCUT2D eigenvalue weighted by Gasteiger charge is 2.63. The normalized spacial score (nSPS) is 50.0. The third-order valence-corrected chi connectivity index (χ3v) is 6.59. The van der Waals surface area contributed by atoms with E-state index in [4.69, 9.17) is 0 Å². The molecule has 2 atom stereocenters. The Morgan fingerprint density at radius 1 is 0.929 bits per heavy atom. The van der Waals surface area contributed by atoms with Gasteiger partial charge < -0.3 is 5.32 Å². The van der Waals surface area contributed by atoms with Gasteiger partial charge in [0.25, 0.3) is 0 Å². The van der Waals surface area contributed by atoms with Crippen molar-refractivity contribution >= 4 is 9.84 Å². The van der Waals surface area contributed by atoms with Crippen molar-refractivity contribution in [3.05, 3.63) is 0 Å². The lowest BCUT2D eigenvalue weighted by molar-refractivity contribution is 0.0945. The molecule has 2 aliphatic heterocycles. The lowest BCUT2D eigenvalue weighted by Crippen LogP contribution is -2.42. The van der Waals surface area contributed by atoms with E-state index in [9.17, 15) is 8.42 Å². The van der Waals surface area contributed by atoms with E-state index in [0.29, 0.717) is 11.5 Å². The highest BCUT2D eigenvalue weighted by Crippen LogP contribution is 2.58. The SMILES string of the molecule is O=S1(=O)CC23CCCCC2(CNC3)C1. The van der Waals surface area contributed by atoms with Crippen molar-refractivity contribution in [2.24, 2.45) is 10.8 Å². The van der Waals surface area contributed by atoms with Gasteiger partial charge in [0, 0.05) is 23.9 Å². The molecule has 4 heteroatoms. The summed E-state index contributed by atoms with van der Waals surface area (Å²) in [4.78, 5) is 0. The molecule has 1 aliphatic carbocycles. The first-order valence-corrected chi connectivity index (χ1v) is 7.31. The third kappa shape index (κ3) is 0.986. The van der Waals surface area contributed by atoms with Crippen molar-refractivity contribution in [2.45, 2.75) is 25.7 Å². The number of sulfone groups is 1. The van der Waals surface area contributed by atoms with Crippen LogP contribution in [0.4, 0.5) is 0 Å². The first-order valence-electron chi connectivity index (χ1n) is 5.49. The second-order valence-electron chi connectivity index (χ2n) is 5.40. The summed E-state index contributed by atoms with van der Waals surface area (Å²) in [6, 6.07) is 0. The fourth-order valence-corrected chi connectivity index (χ4v) is 6.89. The summed E-state index contributed by atoms with van der Waals surface area (Å²) >= 11 is 0. The van der Waals surface area contributed by atoms with Gasteiger partial charge in [0.1, 0.15) is 0 Å². The Morgan fingerprint density at radius 3 is 1.93 bits per heavy atom. The Labute approximate surface area is 85.2 Å². The Bertz CT molecular complexity index is 336. The van der Waals surface area contributed by atoms with Crippen LogP contribution in [0.15, 0.2) is 0 Å². The van der Waals surface area contributed by atoms with Gasteiger partial charge in [0.05, 0.1) is 11.5 Å². The molecule has 0 radical (unpaired) electrons. The molecule has 0 aromatic rings. The van der Waals surface area contributed by atoms with Crippen LogP contribution in [-0.4, -0.2) is 33.0 Å². The second-order valence-corrected chi connectivity index (χ2v) is 7.47. The van der Waals surface area contributed by atoms with Gasteiger partial charge >= 0.3 is 0 Å². The fraction of sp³-hybridized carbons (Fsp3) is 1.00. The van der Waals surface area contributed by atoms with Crippen LogP contribution >= 0.6 is 0 Å². The topological polar surface area (TPSA) is 46.2 Å². The molecule has 0 amide bonds. The number of rotatable bonds is 0. The van der Waals surface area contributed by atoms with E-state index in [0.717, 1.165) is 25.9 Å². The van der Waals surface area contributed by atoms with Crippen molar-refractivity contribution in [1.82, 2.24) is 5.32 Å². The molecule has 3 nitrogen and oxygen atoms in total. The molecular weight excluding hydrogens is 198 g/mol. The number of nitrogens with one attached hydrogen (secondary N) is 1. The van der Waals surface area contributed by atoms with Gasteiger partial charge in [-0.05, 0) is 12.8 Å². The van der Waals surface area contributed by atoms with Crippen molar-refractivity contribution in [1.29, 1.82) is 0 Å². The summed E-state index contributed by atoms with van der Waals surface area (Å²) in [6.45, 7) is 1.87. The molecule has 1 saturated carbocycles. The summed E-state index contributed by atoms with van der Waals surface area (Å²) in [6.07, 6.45) is 4.69. The molecule has 3 fully saturated rings. The van der Waals surface area contributed by atoms with Crippen molar-refractivity contribution in [2.75, 3.05) is 24.6 Å². The molecule has 2 saturated heterocycles. The molecule has 2 heterocycles. The summed E-state index contributed by atoms with van der Waals surface area (Å²) in [5, 5.41) is 3.42. The minimum atomic E-state index is -2.75. The van der Waals surface area contributed by atoms with Gasteiger partial charge in [0.2, 0.25) is 0 Å². The van der Waals surface area contributed by atoms with Crippen LogP contribution in [-0.2, 0) is 9.84 Å². The van der Waals surface area contributed by atoms with Gasteiger partial charge in [-0.25, -0.2) is 8.42 Å². The third-order valence-electron chi connectivity index (χ3n) is 4.60. The van der Waals surface area contributed by atoms with Crippen molar-refractivity contribution in [3.63, 3.8) is 0 Å². The van der Waals surface area contributed by atoms with Gasteiger partial charge in [-0.2, -0.15) is 0 Å². The van der Waals surface area contributed by atoms with Gasteiger partial charge in [-0.3, -0.25) is 0 Å². The maximum absolute atomic E-state index is 11.8. The summed E-state index contributed by atoms with van der Waals surface area (Å²) in [5.74, 6) is 0.903. The number of hydrogen-bond donors (Lipinski definition) is 1. The van der Waals surface area contributed by atoms with E-state index >= 15 is 0 Å². The van der Waals surface area contributed by atoms with Crippen LogP contribution in [0, 0.1) is 10.8 Å². The van der Waals surface area contributed by atoms with E-state index in [1.165, 1.54) is 12.8 Å². The Balaban J connectivity index is 2.09. The van der Waals surface area contributed by atoms with Crippen LogP contribution in [0.1, 0.15) is 25.7 Å². The van der Waals surface area contributed by atoms with E-state index in [1.54, 1.807) is 0 Å². The highest BCUT2D eigenvalue weighted by molar-refractivity contribution is 7.91. The smallest absolute Gasteiger partial charge is 0.151 e. The zero-order chi connectivity index (χ0) is 9.86. The lowest BCUT2D eigenvalue weighted by atomic mass is 9.60. The minimum absolute atomic E-state index is 0.115. The van der Waals surface area contributed by atoms with E-state index in [-0.39, 0.29) is 10.8 Å². The first-order chi connectivity index (χ1) is 6.58. The fourth-order valence-electron chi connectivity index (χ4n) is 4.00. The largest absolute Gasteiger partial charge is 0.316 e. The maximum atomic E-state index is 11.8. The Hall–Kier alpha value is -0.0900. The average Bonchev–Trinajstić information content (AvgIpc) is 2.50. The summed E-state index contributed by atoms with van der Waals surface area (Å²) in [5.41, 5.74) is 0.230. The Kier molecular flexibility index (Phi) is 1.65. The highest BCUT2D eigenvalue weighted by atomic mass is 32.2. The van der Waals surface area contributed by atoms with Gasteiger partial charge in [-0.1, -0.05) is 12.8 Å². The molecule has 0 bridgehead atoms. The van der Waals surface area contributed by atoms with Crippen molar-refractivity contribution in [3.8, 4) is 0 Å². The average molecular weight is 215 g/mol. The van der Waals surface area contributed by atoms with Gasteiger partial charge in [-0.15, -0.1) is 0 Å². The van der Waals surface area contributed by atoms with Gasteiger partial charge in [0.15, 0.2) is 9.84 Å². The molecule has 0 spiro atoms. The molecule has 3 rings (SSSR count). The van der Waals surface area contributed by atoms with E-state index in [2.05, 4.69) is 5.32 Å². The molecular formula is C10H17NO2S. The van der Waals surface area contributed by atoms with E-state index < -0.39 is 9.84 Å². The van der Waals surface area contributed by atoms with Crippen molar-refractivity contribution < 1.29 is 8.42 Å². The minimum Gasteiger partial charge on any atom is -0.316 e. The zero-order valence-corrected chi connectivity index (χ0v) is 9.20. The van der Waals surface area contributed by atoms with Crippen LogP contribution in [0.2, 0.25) is 0 Å². The molecule has 3 aliphatic rings. The summed E-state index contributed by atoms with van der Waals surface area (Å²) in [7, 11) is -2.75. The number of hydrogen-bond acceptors (Lipinski definition) is 3. The summed E-state index contributed by atoms with van der Waals surface area (Å²) < 4.78 is 23.5. The Morgan fingerprint density at radius 2 is 1.43 bits per heavy atom. The van der Waals surface area contributed by atoms with E-state index in [1.807, 2.05) is 0 Å². The predicted octanol–water partition coefficient (Wildman–Crippen LogP) is 0.565. The van der Waals surface area contributed by atoms with Crippen LogP contribution < -0.4 is 5.32 Å². The molecule has 0 aromatic carbocycles. The molecule has 0 aromatic heterocycles. The predicted molar refractivity (Wildman–Crippen MR) is 54.9 cm³/mol. The molecule has 80 valence electrons. The maximum Gasteiger partial charge on any atom is 0.151 e. The molecule has 2 unspecified atom stereocenters. The molecule has 14 heavy (non-hydrogen) atoms. The van der Waals surface area contributed by atoms with Crippen LogP contribution in [0.3, 0.4) is 0 Å². The second kappa shape index (κ2) is 2.53. The monoisotopic (exact) mass is 215 g/mol. The first kappa shape index (κ1) is 9.16. The zero-order valence-electron chi connectivity index (χ0n) is 8.38. The lowest BCUT2D eigenvalue weighted by Gasteiger charge is -2.42. The quantitative estimate of drug-likeness (QED) is 0.642. The van der Waals surface area contributed by atoms with Crippen LogP contribution in [0.5, 0.6) is 0 Å². The molecule has 1 N–H and O–H groups in total. The van der Waals surface area contributed by atoms with Crippen LogP contribution in [0.25, 0.3) is 0 Å².